The van der Waals surface area contributed by atoms with Gasteiger partial charge in [0.15, 0.2) is 0 Å². The van der Waals surface area contributed by atoms with Gasteiger partial charge in [0, 0.05) is 5.71 Å². The Hall–Kier alpha value is -1.06. The maximum atomic E-state index is 10.9. The summed E-state index contributed by atoms with van der Waals surface area (Å²) in [7, 11) is 1.32. The molecule has 0 atom stereocenters. The van der Waals surface area contributed by atoms with Gasteiger partial charge in [-0.1, -0.05) is 29.3 Å². The summed E-state index contributed by atoms with van der Waals surface area (Å²) in [6, 6.07) is 4.95. The molecular formula is C11H11Cl2NO2. The number of hydrogen-bond acceptors (Lipinski definition) is 3. The van der Waals surface area contributed by atoms with Crippen molar-refractivity contribution in [2.45, 2.75) is 12.8 Å². The monoisotopic (exact) mass is 259 g/mol. The fraction of sp³-hybridized carbons (Fsp3) is 0.273. The maximum Gasteiger partial charge on any atom is 0.305 e. The van der Waals surface area contributed by atoms with E-state index >= 15 is 0 Å². The molecule has 1 aromatic carbocycles. The average Bonchev–Trinajstić information content (AvgIpc) is 2.29. The Balaban J connectivity index is 2.66. The molecule has 1 rings (SSSR count). The molecule has 0 amide bonds. The first-order valence-corrected chi connectivity index (χ1v) is 5.40. The van der Waals surface area contributed by atoms with Crippen molar-refractivity contribution in [3.63, 3.8) is 0 Å². The number of nitrogens with one attached hydrogen (secondary N) is 1. The van der Waals surface area contributed by atoms with Gasteiger partial charge in [0.05, 0.1) is 23.6 Å². The van der Waals surface area contributed by atoms with E-state index in [0.29, 0.717) is 27.7 Å². The lowest BCUT2D eigenvalue weighted by molar-refractivity contribution is -0.140. The maximum absolute atomic E-state index is 10.9. The SMILES string of the molecule is COC(=O)CCC(=N)c1ccc(Cl)c(Cl)c1. The lowest BCUT2D eigenvalue weighted by atomic mass is 10.1. The molecule has 5 heteroatoms. The van der Waals surface area contributed by atoms with Crippen LogP contribution in [0.5, 0.6) is 0 Å². The van der Waals surface area contributed by atoms with Crippen LogP contribution >= 0.6 is 23.2 Å². The van der Waals surface area contributed by atoms with Crippen molar-refractivity contribution in [1.82, 2.24) is 0 Å². The second-order valence-electron chi connectivity index (χ2n) is 3.18. The molecule has 0 heterocycles. The van der Waals surface area contributed by atoms with E-state index in [1.165, 1.54) is 7.11 Å². The zero-order chi connectivity index (χ0) is 12.1. The largest absolute Gasteiger partial charge is 0.469 e. The average molecular weight is 260 g/mol. The minimum absolute atomic E-state index is 0.190. The van der Waals surface area contributed by atoms with E-state index in [1.54, 1.807) is 18.2 Å². The van der Waals surface area contributed by atoms with Crippen molar-refractivity contribution in [3.05, 3.63) is 33.8 Å². The molecule has 0 aliphatic carbocycles. The molecule has 86 valence electrons. The molecule has 0 spiro atoms. The molecule has 0 saturated carbocycles. The molecular weight excluding hydrogens is 249 g/mol. The minimum atomic E-state index is -0.329. The number of carbonyl (C=O) groups is 1. The Morgan fingerprint density at radius 2 is 2.00 bits per heavy atom. The summed E-state index contributed by atoms with van der Waals surface area (Å²) in [4.78, 5) is 10.9. The van der Waals surface area contributed by atoms with Gasteiger partial charge in [-0.15, -0.1) is 0 Å². The topological polar surface area (TPSA) is 50.2 Å². The molecule has 0 bridgehead atoms. The third-order valence-corrected chi connectivity index (χ3v) is 2.81. The van der Waals surface area contributed by atoms with Crippen LogP contribution in [0.25, 0.3) is 0 Å². The van der Waals surface area contributed by atoms with Gasteiger partial charge >= 0.3 is 5.97 Å². The summed E-state index contributed by atoms with van der Waals surface area (Å²) in [5.41, 5.74) is 1.00. The van der Waals surface area contributed by atoms with Gasteiger partial charge in [0.1, 0.15) is 0 Å². The number of ether oxygens (including phenoxy) is 1. The summed E-state index contributed by atoms with van der Waals surface area (Å²) in [6.07, 6.45) is 0.514. The van der Waals surface area contributed by atoms with Gasteiger partial charge in [-0.25, -0.2) is 0 Å². The first kappa shape index (κ1) is 13.0. The van der Waals surface area contributed by atoms with Gasteiger partial charge in [-0.2, -0.15) is 0 Å². The molecule has 16 heavy (non-hydrogen) atoms. The van der Waals surface area contributed by atoms with Crippen LogP contribution in [0.1, 0.15) is 18.4 Å². The van der Waals surface area contributed by atoms with E-state index in [4.69, 9.17) is 28.6 Å². The number of halogens is 2. The number of methoxy groups -OCH3 is 1. The zero-order valence-corrected chi connectivity index (χ0v) is 10.2. The Bertz CT molecular complexity index is 418. The Kier molecular flexibility index (Phi) is 4.77. The van der Waals surface area contributed by atoms with Crippen molar-refractivity contribution in [1.29, 1.82) is 5.41 Å². The fourth-order valence-electron chi connectivity index (χ4n) is 1.16. The molecule has 3 nitrogen and oxygen atoms in total. The summed E-state index contributed by atoms with van der Waals surface area (Å²) >= 11 is 11.6. The van der Waals surface area contributed by atoms with E-state index in [-0.39, 0.29) is 12.4 Å². The predicted octanol–water partition coefficient (Wildman–Crippen LogP) is 3.31. The van der Waals surface area contributed by atoms with Gasteiger partial charge in [-0.05, 0) is 24.1 Å². The molecule has 1 N–H and O–H groups in total. The highest BCUT2D eigenvalue weighted by molar-refractivity contribution is 6.42. The van der Waals surface area contributed by atoms with Crippen molar-refractivity contribution in [2.75, 3.05) is 7.11 Å². The van der Waals surface area contributed by atoms with E-state index in [0.717, 1.165) is 0 Å². The van der Waals surface area contributed by atoms with E-state index < -0.39 is 0 Å². The number of esters is 1. The molecule has 0 aromatic heterocycles. The highest BCUT2D eigenvalue weighted by atomic mass is 35.5. The van der Waals surface area contributed by atoms with Crippen molar-refractivity contribution in [2.24, 2.45) is 0 Å². The standard InChI is InChI=1S/C11H11Cl2NO2/c1-16-11(15)5-4-10(14)7-2-3-8(12)9(13)6-7/h2-3,6,14H,4-5H2,1H3. The Morgan fingerprint density at radius 1 is 1.31 bits per heavy atom. The summed E-state index contributed by atoms with van der Waals surface area (Å²) < 4.78 is 4.50. The first-order chi connectivity index (χ1) is 7.54. The fourth-order valence-corrected chi connectivity index (χ4v) is 1.46. The van der Waals surface area contributed by atoms with Crippen LogP contribution in [0.15, 0.2) is 18.2 Å². The number of benzene rings is 1. The lowest BCUT2D eigenvalue weighted by Gasteiger charge is -2.04. The smallest absolute Gasteiger partial charge is 0.305 e. The van der Waals surface area contributed by atoms with Crippen LogP contribution in [0, 0.1) is 5.41 Å². The molecule has 1 aromatic rings. The van der Waals surface area contributed by atoms with Gasteiger partial charge in [0.25, 0.3) is 0 Å². The number of carbonyl (C=O) groups excluding carboxylic acids is 1. The van der Waals surface area contributed by atoms with Crippen LogP contribution in [-0.2, 0) is 9.53 Å². The Labute approximate surface area is 104 Å². The minimum Gasteiger partial charge on any atom is -0.469 e. The highest BCUT2D eigenvalue weighted by Crippen LogP contribution is 2.23. The summed E-state index contributed by atoms with van der Waals surface area (Å²) in [5.74, 6) is -0.329. The van der Waals surface area contributed by atoms with E-state index in [9.17, 15) is 4.79 Å². The van der Waals surface area contributed by atoms with Crippen LogP contribution in [-0.4, -0.2) is 18.8 Å². The summed E-state index contributed by atoms with van der Waals surface area (Å²) in [5, 5.41) is 8.61. The molecule has 0 saturated heterocycles. The molecule has 0 aliphatic rings. The highest BCUT2D eigenvalue weighted by Gasteiger charge is 2.07. The second-order valence-corrected chi connectivity index (χ2v) is 4.00. The van der Waals surface area contributed by atoms with Crippen molar-refractivity contribution < 1.29 is 9.53 Å². The van der Waals surface area contributed by atoms with Gasteiger partial charge < -0.3 is 10.1 Å². The Morgan fingerprint density at radius 3 is 2.56 bits per heavy atom. The van der Waals surface area contributed by atoms with Crippen LogP contribution in [0.2, 0.25) is 10.0 Å². The third-order valence-electron chi connectivity index (χ3n) is 2.07. The van der Waals surface area contributed by atoms with Gasteiger partial charge in [-0.3, -0.25) is 4.79 Å². The zero-order valence-electron chi connectivity index (χ0n) is 8.72. The van der Waals surface area contributed by atoms with Gasteiger partial charge in [0.2, 0.25) is 0 Å². The molecule has 0 fully saturated rings. The molecule has 0 unspecified atom stereocenters. The first-order valence-electron chi connectivity index (χ1n) is 4.64. The van der Waals surface area contributed by atoms with E-state index in [2.05, 4.69) is 4.74 Å². The predicted molar refractivity (Wildman–Crippen MR) is 64.5 cm³/mol. The van der Waals surface area contributed by atoms with Crippen molar-refractivity contribution >= 4 is 34.9 Å². The van der Waals surface area contributed by atoms with Crippen LogP contribution in [0.4, 0.5) is 0 Å². The molecule has 0 aliphatic heterocycles. The second kappa shape index (κ2) is 5.87. The van der Waals surface area contributed by atoms with E-state index in [1.807, 2.05) is 0 Å². The number of hydrogen-bond donors (Lipinski definition) is 1. The van der Waals surface area contributed by atoms with Crippen LogP contribution in [0.3, 0.4) is 0 Å². The third kappa shape index (κ3) is 3.51. The lowest BCUT2D eigenvalue weighted by Crippen LogP contribution is -2.06. The normalized spacial score (nSPS) is 9.94. The van der Waals surface area contributed by atoms with Crippen LogP contribution < -0.4 is 0 Å². The van der Waals surface area contributed by atoms with Crippen molar-refractivity contribution in [3.8, 4) is 0 Å². The molecule has 0 radical (unpaired) electrons. The quantitative estimate of drug-likeness (QED) is 0.666. The number of rotatable bonds is 4. The summed E-state index contributed by atoms with van der Waals surface area (Å²) in [6.45, 7) is 0.